The average molecular weight is 690 g/mol. The minimum atomic E-state index is -1.21. The summed E-state index contributed by atoms with van der Waals surface area (Å²) in [5.41, 5.74) is 8.42. The zero-order chi connectivity index (χ0) is 37.7. The molecule has 254 valence electrons. The maximum Gasteiger partial charge on any atom is 0.324 e. The SMILES string of the molecule is Nc1ccccc1C#CC#Cc1ccccc1N.O=[N+]([O-])c1cc([N+](=O)[O-])c(O)c([N+](=O)[O-])c1.O=[N+]([O-])c1cc([N+](=O)[O-])c(O)c([N+](=O)[O-])c1. The summed E-state index contributed by atoms with van der Waals surface area (Å²) in [6.07, 6.45) is 0. The van der Waals surface area contributed by atoms with E-state index in [1.807, 2.05) is 48.5 Å². The van der Waals surface area contributed by atoms with Gasteiger partial charge in [0, 0.05) is 22.5 Å². The lowest BCUT2D eigenvalue weighted by atomic mass is 10.2. The van der Waals surface area contributed by atoms with Crippen molar-refractivity contribution >= 4 is 45.5 Å². The molecule has 0 aliphatic heterocycles. The minimum Gasteiger partial charge on any atom is -0.497 e. The Morgan fingerprint density at radius 2 is 0.720 bits per heavy atom. The largest absolute Gasteiger partial charge is 0.497 e. The van der Waals surface area contributed by atoms with Crippen molar-refractivity contribution < 1.29 is 39.8 Å². The van der Waals surface area contributed by atoms with E-state index in [4.69, 9.17) is 21.7 Å². The highest BCUT2D eigenvalue weighted by molar-refractivity contribution is 5.65. The third-order valence-corrected chi connectivity index (χ3v) is 5.70. The van der Waals surface area contributed by atoms with E-state index in [2.05, 4.69) is 23.7 Å². The van der Waals surface area contributed by atoms with Crippen LogP contribution in [0.15, 0.2) is 72.8 Å². The Labute approximate surface area is 276 Å². The van der Waals surface area contributed by atoms with E-state index in [-0.39, 0.29) is 0 Å². The predicted octanol–water partition coefficient (Wildman–Crippen LogP) is 4.49. The number of aromatic hydroxyl groups is 2. The molecule has 0 bridgehead atoms. The van der Waals surface area contributed by atoms with Crippen LogP contribution in [0.1, 0.15) is 11.1 Å². The maximum absolute atomic E-state index is 10.4. The number of nitrogens with zero attached hydrogens (tertiary/aromatic N) is 6. The van der Waals surface area contributed by atoms with Gasteiger partial charge in [0.05, 0.1) is 53.8 Å². The number of phenols is 2. The van der Waals surface area contributed by atoms with Crippen molar-refractivity contribution in [2.75, 3.05) is 11.5 Å². The predicted molar refractivity (Wildman–Crippen MR) is 172 cm³/mol. The Morgan fingerprint density at radius 1 is 0.460 bits per heavy atom. The van der Waals surface area contributed by atoms with E-state index >= 15 is 0 Å². The molecule has 0 aromatic heterocycles. The molecule has 4 rings (SSSR count). The molecule has 4 aromatic carbocycles. The molecule has 0 spiro atoms. The molecule has 0 heterocycles. The van der Waals surface area contributed by atoms with E-state index in [1.54, 1.807) is 0 Å². The number of nitro groups is 6. The van der Waals surface area contributed by atoms with Crippen LogP contribution in [0.4, 0.5) is 45.5 Å². The van der Waals surface area contributed by atoms with Crippen LogP contribution in [0.5, 0.6) is 11.5 Å². The number of para-hydroxylation sites is 2. The number of nitrogens with two attached hydrogens (primary N) is 2. The fraction of sp³-hybridized carbons (Fsp3) is 0. The Morgan fingerprint density at radius 3 is 0.940 bits per heavy atom. The van der Waals surface area contributed by atoms with E-state index < -0.39 is 75.2 Å². The van der Waals surface area contributed by atoms with Gasteiger partial charge in [-0.25, -0.2) is 0 Å². The van der Waals surface area contributed by atoms with Gasteiger partial charge in [0.15, 0.2) is 0 Å². The van der Waals surface area contributed by atoms with Gasteiger partial charge < -0.3 is 21.7 Å². The van der Waals surface area contributed by atoms with Crippen molar-refractivity contribution in [3.8, 4) is 35.2 Å². The first-order valence-corrected chi connectivity index (χ1v) is 12.8. The number of hydrogen-bond acceptors (Lipinski definition) is 16. The smallest absolute Gasteiger partial charge is 0.324 e. The summed E-state index contributed by atoms with van der Waals surface area (Å²) >= 11 is 0. The van der Waals surface area contributed by atoms with Crippen LogP contribution in [0.2, 0.25) is 0 Å². The Balaban J connectivity index is 0.000000261. The fourth-order valence-electron chi connectivity index (χ4n) is 3.37. The summed E-state index contributed by atoms with van der Waals surface area (Å²) in [6, 6.07) is 16.7. The second kappa shape index (κ2) is 16.8. The third kappa shape index (κ3) is 10.1. The van der Waals surface area contributed by atoms with Gasteiger partial charge >= 0.3 is 22.7 Å². The lowest BCUT2D eigenvalue weighted by molar-refractivity contribution is -0.404. The second-order valence-electron chi connectivity index (χ2n) is 8.88. The molecule has 0 aliphatic carbocycles. The van der Waals surface area contributed by atoms with Crippen LogP contribution in [-0.2, 0) is 0 Å². The molecule has 4 aromatic rings. The van der Waals surface area contributed by atoms with Gasteiger partial charge in [-0.1, -0.05) is 36.1 Å². The molecule has 6 N–H and O–H groups in total. The molecule has 50 heavy (non-hydrogen) atoms. The summed E-state index contributed by atoms with van der Waals surface area (Å²) < 4.78 is 0. The number of anilines is 2. The van der Waals surface area contributed by atoms with Crippen molar-refractivity contribution in [1.82, 2.24) is 0 Å². The molecular weight excluding hydrogens is 672 g/mol. The standard InChI is InChI=1S/C16H12N2.2C6H3N3O7/c17-15-11-5-3-9-13(15)7-1-2-8-14-10-4-6-12-16(14)18;2*10-6-4(8(13)14)1-3(7(11)12)2-5(6)9(15)16/h3-6,9-12H,17-18H2;2*1-2,10H. The van der Waals surface area contributed by atoms with Gasteiger partial charge in [0.2, 0.25) is 0 Å². The number of benzene rings is 4. The fourth-order valence-corrected chi connectivity index (χ4v) is 3.37. The Bertz CT molecular complexity index is 1940. The van der Waals surface area contributed by atoms with Gasteiger partial charge in [0.25, 0.3) is 22.9 Å². The highest BCUT2D eigenvalue weighted by Gasteiger charge is 2.31. The van der Waals surface area contributed by atoms with Crippen LogP contribution in [0.3, 0.4) is 0 Å². The number of phenolic OH excluding ortho intramolecular Hbond substituents is 2. The molecule has 22 nitrogen and oxygen atoms in total. The van der Waals surface area contributed by atoms with E-state index in [9.17, 15) is 60.7 Å². The third-order valence-electron chi connectivity index (χ3n) is 5.70. The minimum absolute atomic E-state index is 0.447. The molecule has 0 aliphatic rings. The first-order valence-electron chi connectivity index (χ1n) is 12.8. The summed E-state index contributed by atoms with van der Waals surface area (Å²) in [4.78, 5) is 55.5. The Hall–Kier alpha value is -8.40. The number of non-ortho nitro benzene ring substituents is 2. The highest BCUT2D eigenvalue weighted by atomic mass is 16.7. The van der Waals surface area contributed by atoms with Crippen LogP contribution in [0.25, 0.3) is 0 Å². The molecule has 22 heteroatoms. The van der Waals surface area contributed by atoms with Gasteiger partial charge in [-0.3, -0.25) is 60.7 Å². The zero-order valence-electron chi connectivity index (χ0n) is 24.6. The van der Waals surface area contributed by atoms with Gasteiger partial charge in [0.1, 0.15) is 0 Å². The van der Waals surface area contributed by atoms with Crippen LogP contribution in [-0.4, -0.2) is 39.8 Å². The first-order chi connectivity index (χ1) is 23.5. The topological polar surface area (TPSA) is 351 Å². The first kappa shape index (κ1) is 37.8. The van der Waals surface area contributed by atoms with Crippen molar-refractivity contribution in [1.29, 1.82) is 0 Å². The number of nitrogen functional groups attached to an aromatic ring is 2. The van der Waals surface area contributed by atoms with Crippen LogP contribution < -0.4 is 11.5 Å². The van der Waals surface area contributed by atoms with Gasteiger partial charge in [-0.05, 0) is 36.1 Å². The summed E-state index contributed by atoms with van der Waals surface area (Å²) in [6.45, 7) is 0. The number of rotatable bonds is 6. The lowest BCUT2D eigenvalue weighted by Gasteiger charge is -1.97. The molecule has 0 radical (unpaired) electrons. The van der Waals surface area contributed by atoms with E-state index in [0.717, 1.165) is 11.1 Å². The molecule has 0 fully saturated rings. The highest BCUT2D eigenvalue weighted by Crippen LogP contribution is 2.40. The second-order valence-corrected chi connectivity index (χ2v) is 8.88. The maximum atomic E-state index is 10.4. The molecule has 0 atom stereocenters. The molecule has 0 unspecified atom stereocenters. The molecule has 0 saturated heterocycles. The lowest BCUT2D eigenvalue weighted by Crippen LogP contribution is -1.97. The average Bonchev–Trinajstić information content (AvgIpc) is 3.04. The van der Waals surface area contributed by atoms with E-state index in [1.165, 1.54) is 0 Å². The molecule has 0 amide bonds. The summed E-state index contributed by atoms with van der Waals surface area (Å²) in [7, 11) is 0. The molecule has 0 saturated carbocycles. The van der Waals surface area contributed by atoms with Crippen LogP contribution in [0, 0.1) is 84.4 Å². The van der Waals surface area contributed by atoms with Crippen molar-refractivity contribution in [3.05, 3.63) is 145 Å². The Kier molecular flexibility index (Phi) is 12.7. The van der Waals surface area contributed by atoms with Gasteiger partial charge in [-0.15, -0.1) is 0 Å². The van der Waals surface area contributed by atoms with Crippen LogP contribution >= 0.6 is 0 Å². The van der Waals surface area contributed by atoms with Crippen molar-refractivity contribution in [2.24, 2.45) is 0 Å². The quantitative estimate of drug-likeness (QED) is 0.0936. The molecular formula is C28H18N8O14. The monoisotopic (exact) mass is 690 g/mol. The van der Waals surface area contributed by atoms with Crippen molar-refractivity contribution in [2.45, 2.75) is 0 Å². The zero-order valence-corrected chi connectivity index (χ0v) is 24.6. The van der Waals surface area contributed by atoms with Crippen molar-refractivity contribution in [3.63, 3.8) is 0 Å². The number of hydrogen-bond donors (Lipinski definition) is 4. The summed E-state index contributed by atoms with van der Waals surface area (Å²) in [5.74, 6) is 8.95. The summed E-state index contributed by atoms with van der Waals surface area (Å²) in [5, 5.41) is 80.4. The normalized spacial score (nSPS) is 9.36. The van der Waals surface area contributed by atoms with E-state index in [0.29, 0.717) is 35.6 Å². The number of nitro benzene ring substituents is 6. The van der Waals surface area contributed by atoms with Gasteiger partial charge in [-0.2, -0.15) is 0 Å².